The van der Waals surface area contributed by atoms with Gasteiger partial charge in [-0.15, -0.1) is 0 Å². The number of carbonyl (C=O) groups is 3. The Bertz CT molecular complexity index is 666. The number of rotatable bonds is 1. The van der Waals surface area contributed by atoms with E-state index in [1.54, 1.807) is 11.0 Å². The second kappa shape index (κ2) is 6.20. The van der Waals surface area contributed by atoms with Crippen LogP contribution in [0.15, 0.2) is 23.0 Å². The van der Waals surface area contributed by atoms with Crippen molar-refractivity contribution in [2.75, 3.05) is 19.6 Å². The molecule has 7 nitrogen and oxygen atoms in total. The van der Waals surface area contributed by atoms with Crippen LogP contribution in [0.4, 0.5) is 4.79 Å². The lowest BCUT2D eigenvalue weighted by Gasteiger charge is -2.39. The zero-order valence-corrected chi connectivity index (χ0v) is 14.9. The number of hydrogen-bond acceptors (Lipinski definition) is 5. The van der Waals surface area contributed by atoms with Crippen molar-refractivity contribution in [1.82, 2.24) is 9.80 Å². The Morgan fingerprint density at radius 2 is 1.92 bits per heavy atom. The molecule has 1 aromatic rings. The Labute approximate surface area is 146 Å². The molecule has 3 rings (SSSR count). The summed E-state index contributed by atoms with van der Waals surface area (Å²) in [5, 5.41) is 0. The van der Waals surface area contributed by atoms with E-state index in [1.807, 2.05) is 20.8 Å². The van der Waals surface area contributed by atoms with E-state index in [0.29, 0.717) is 44.5 Å². The van der Waals surface area contributed by atoms with Crippen LogP contribution in [0.1, 0.15) is 50.4 Å². The van der Waals surface area contributed by atoms with E-state index in [1.165, 1.54) is 17.4 Å². The number of likely N-dealkylation sites (tertiary alicyclic amines) is 2. The third-order valence-corrected chi connectivity index (χ3v) is 4.81. The van der Waals surface area contributed by atoms with Gasteiger partial charge in [0.1, 0.15) is 11.9 Å². The summed E-state index contributed by atoms with van der Waals surface area (Å²) in [4.78, 5) is 40.0. The predicted octanol–water partition coefficient (Wildman–Crippen LogP) is 2.67. The fraction of sp³-hybridized carbons (Fsp3) is 0.611. The quantitative estimate of drug-likeness (QED) is 0.729. The third kappa shape index (κ3) is 3.70. The highest BCUT2D eigenvalue weighted by Gasteiger charge is 2.47. The summed E-state index contributed by atoms with van der Waals surface area (Å²) in [6.07, 6.45) is 4.17. The van der Waals surface area contributed by atoms with Crippen molar-refractivity contribution in [3.63, 3.8) is 0 Å². The molecule has 25 heavy (non-hydrogen) atoms. The fourth-order valence-corrected chi connectivity index (χ4v) is 3.45. The van der Waals surface area contributed by atoms with E-state index in [9.17, 15) is 14.4 Å². The number of piperidine rings is 1. The molecule has 2 fully saturated rings. The zero-order valence-electron chi connectivity index (χ0n) is 14.9. The SMILES string of the molecule is CC(C)(C)OC(=O)N1CCC2(CC1)CC(=O)N(C(=O)c1ccoc1)C2. The molecule has 0 aliphatic carbocycles. The number of imide groups is 1. The molecule has 3 amide bonds. The maximum atomic E-state index is 12.4. The highest BCUT2D eigenvalue weighted by Crippen LogP contribution is 2.41. The van der Waals surface area contributed by atoms with Crippen LogP contribution in [0.5, 0.6) is 0 Å². The summed E-state index contributed by atoms with van der Waals surface area (Å²) in [5.41, 5.74) is -0.380. The molecule has 1 spiro atoms. The Morgan fingerprint density at radius 3 is 2.48 bits per heavy atom. The van der Waals surface area contributed by atoms with Crippen molar-refractivity contribution < 1.29 is 23.5 Å². The normalized spacial score (nSPS) is 20.2. The molecule has 3 heterocycles. The van der Waals surface area contributed by atoms with Gasteiger partial charge in [-0.3, -0.25) is 14.5 Å². The van der Waals surface area contributed by atoms with Crippen molar-refractivity contribution in [3.8, 4) is 0 Å². The summed E-state index contributed by atoms with van der Waals surface area (Å²) >= 11 is 0. The first-order valence-corrected chi connectivity index (χ1v) is 8.54. The second-order valence-electron chi connectivity index (χ2n) is 7.94. The maximum absolute atomic E-state index is 12.4. The van der Waals surface area contributed by atoms with Gasteiger partial charge < -0.3 is 14.1 Å². The number of hydrogen-bond donors (Lipinski definition) is 0. The maximum Gasteiger partial charge on any atom is 0.410 e. The Morgan fingerprint density at radius 1 is 1.24 bits per heavy atom. The Hall–Kier alpha value is -2.31. The first-order chi connectivity index (χ1) is 11.7. The van der Waals surface area contributed by atoms with Crippen LogP contribution in [-0.4, -0.2) is 52.9 Å². The topological polar surface area (TPSA) is 80.1 Å². The van der Waals surface area contributed by atoms with Crippen molar-refractivity contribution >= 4 is 17.9 Å². The lowest BCUT2D eigenvalue weighted by Crippen LogP contribution is -2.46. The van der Waals surface area contributed by atoms with Crippen molar-refractivity contribution in [3.05, 3.63) is 24.2 Å². The molecule has 2 aliphatic rings. The van der Waals surface area contributed by atoms with Gasteiger partial charge in [0.15, 0.2) is 0 Å². The second-order valence-corrected chi connectivity index (χ2v) is 7.94. The molecule has 0 N–H and O–H groups in total. The molecular formula is C18H24N2O5. The molecule has 7 heteroatoms. The molecule has 0 aromatic carbocycles. The fourth-order valence-electron chi connectivity index (χ4n) is 3.45. The van der Waals surface area contributed by atoms with Crippen LogP contribution in [0.3, 0.4) is 0 Å². The molecule has 2 saturated heterocycles. The summed E-state index contributed by atoms with van der Waals surface area (Å²) in [6, 6.07) is 1.56. The van der Waals surface area contributed by atoms with Crippen LogP contribution < -0.4 is 0 Å². The molecular weight excluding hydrogens is 324 g/mol. The smallest absolute Gasteiger partial charge is 0.410 e. The number of nitrogens with zero attached hydrogens (tertiary/aromatic N) is 2. The number of carbonyl (C=O) groups excluding carboxylic acids is 3. The molecule has 0 unspecified atom stereocenters. The van der Waals surface area contributed by atoms with Crippen LogP contribution >= 0.6 is 0 Å². The Kier molecular flexibility index (Phi) is 4.34. The standard InChI is InChI=1S/C18H24N2O5/c1-17(2,3)25-16(23)19-7-5-18(6-8-19)10-14(21)20(12-18)15(22)13-4-9-24-11-13/h4,9,11H,5-8,10,12H2,1-3H3. The van der Waals surface area contributed by atoms with Gasteiger partial charge in [-0.2, -0.15) is 0 Å². The van der Waals surface area contributed by atoms with Gasteiger partial charge in [-0.1, -0.05) is 0 Å². The monoisotopic (exact) mass is 348 g/mol. The minimum absolute atomic E-state index is 0.156. The number of furan rings is 1. The van der Waals surface area contributed by atoms with E-state index < -0.39 is 5.60 Å². The summed E-state index contributed by atoms with van der Waals surface area (Å²) < 4.78 is 10.3. The molecule has 2 aliphatic heterocycles. The highest BCUT2D eigenvalue weighted by molar-refractivity contribution is 6.05. The van der Waals surface area contributed by atoms with Crippen LogP contribution in [0, 0.1) is 5.41 Å². The molecule has 0 bridgehead atoms. The first kappa shape index (κ1) is 17.5. The largest absolute Gasteiger partial charge is 0.472 e. The zero-order chi connectivity index (χ0) is 18.2. The molecule has 0 radical (unpaired) electrons. The highest BCUT2D eigenvalue weighted by atomic mass is 16.6. The van der Waals surface area contributed by atoms with Gasteiger partial charge in [0.25, 0.3) is 5.91 Å². The van der Waals surface area contributed by atoms with E-state index in [0.717, 1.165) is 0 Å². The van der Waals surface area contributed by atoms with E-state index in [-0.39, 0.29) is 23.3 Å². The van der Waals surface area contributed by atoms with Gasteiger partial charge in [0, 0.05) is 31.5 Å². The minimum Gasteiger partial charge on any atom is -0.472 e. The Balaban J connectivity index is 1.61. The van der Waals surface area contributed by atoms with Gasteiger partial charge >= 0.3 is 6.09 Å². The van der Waals surface area contributed by atoms with Crippen LogP contribution in [-0.2, 0) is 9.53 Å². The van der Waals surface area contributed by atoms with Crippen molar-refractivity contribution in [2.45, 2.75) is 45.6 Å². The van der Waals surface area contributed by atoms with Crippen LogP contribution in [0.2, 0.25) is 0 Å². The van der Waals surface area contributed by atoms with E-state index in [4.69, 9.17) is 9.15 Å². The van der Waals surface area contributed by atoms with Crippen molar-refractivity contribution in [1.29, 1.82) is 0 Å². The van der Waals surface area contributed by atoms with E-state index in [2.05, 4.69) is 0 Å². The lowest BCUT2D eigenvalue weighted by molar-refractivity contribution is -0.125. The average Bonchev–Trinajstić information content (AvgIpc) is 3.14. The van der Waals surface area contributed by atoms with Crippen molar-refractivity contribution in [2.24, 2.45) is 5.41 Å². The van der Waals surface area contributed by atoms with Gasteiger partial charge in [0.2, 0.25) is 5.91 Å². The number of ether oxygens (including phenoxy) is 1. The van der Waals surface area contributed by atoms with Gasteiger partial charge in [-0.25, -0.2) is 4.79 Å². The third-order valence-electron chi connectivity index (χ3n) is 4.81. The molecule has 136 valence electrons. The predicted molar refractivity (Wildman–Crippen MR) is 88.8 cm³/mol. The molecule has 0 atom stereocenters. The molecule has 1 aromatic heterocycles. The summed E-state index contributed by atoms with van der Waals surface area (Å²) in [6.45, 7) is 6.99. The lowest BCUT2D eigenvalue weighted by atomic mass is 9.78. The first-order valence-electron chi connectivity index (χ1n) is 8.54. The molecule has 0 saturated carbocycles. The summed E-state index contributed by atoms with van der Waals surface area (Å²) in [7, 11) is 0. The average molecular weight is 348 g/mol. The number of amides is 3. The van der Waals surface area contributed by atoms with E-state index >= 15 is 0 Å². The van der Waals surface area contributed by atoms with Crippen LogP contribution in [0.25, 0.3) is 0 Å². The summed E-state index contributed by atoms with van der Waals surface area (Å²) in [5.74, 6) is -0.470. The van der Waals surface area contributed by atoms with Gasteiger partial charge in [0.05, 0.1) is 11.8 Å². The minimum atomic E-state index is -0.524. The van der Waals surface area contributed by atoms with Gasteiger partial charge in [-0.05, 0) is 39.7 Å².